The molecule has 0 saturated heterocycles. The van der Waals surface area contributed by atoms with Gasteiger partial charge in [-0.2, -0.15) is 13.2 Å². The highest BCUT2D eigenvalue weighted by Gasteiger charge is 2.30. The quantitative estimate of drug-likeness (QED) is 0.938. The number of rotatable bonds is 4. The monoisotopic (exact) mass is 286 g/mol. The van der Waals surface area contributed by atoms with Crippen LogP contribution >= 0.6 is 0 Å². The maximum Gasteiger partial charge on any atom is 0.406 e. The van der Waals surface area contributed by atoms with Gasteiger partial charge in [-0.1, -0.05) is 6.92 Å². The number of hydrogen-bond acceptors (Lipinski definition) is 2. The summed E-state index contributed by atoms with van der Waals surface area (Å²) in [5, 5.41) is 8.90. The number of carbonyl (C=O) groups is 1. The van der Waals surface area contributed by atoms with Crippen molar-refractivity contribution in [1.82, 2.24) is 9.55 Å². The standard InChI is InChI=1S/C13H13F3N2O2/c1-2-3-11-17-9-6-8(12(19)20)4-5-10(9)18(11)7-13(14,15)16/h4-6H,2-3,7H2,1H3,(H,19,20). The van der Waals surface area contributed by atoms with Crippen LogP contribution in [0.3, 0.4) is 0 Å². The maximum atomic E-state index is 12.6. The summed E-state index contributed by atoms with van der Waals surface area (Å²) < 4.78 is 39.0. The Balaban J connectivity index is 2.57. The third-order valence-electron chi connectivity index (χ3n) is 2.89. The summed E-state index contributed by atoms with van der Waals surface area (Å²) in [5.74, 6) is -0.809. The Hall–Kier alpha value is -2.05. The van der Waals surface area contributed by atoms with Gasteiger partial charge in [-0.3, -0.25) is 0 Å². The van der Waals surface area contributed by atoms with E-state index in [1.165, 1.54) is 18.2 Å². The third-order valence-corrected chi connectivity index (χ3v) is 2.89. The van der Waals surface area contributed by atoms with Crippen molar-refractivity contribution in [3.8, 4) is 0 Å². The van der Waals surface area contributed by atoms with Gasteiger partial charge in [0.1, 0.15) is 12.4 Å². The number of nitrogens with zero attached hydrogens (tertiary/aromatic N) is 2. The number of aromatic nitrogens is 2. The van der Waals surface area contributed by atoms with Crippen LogP contribution in [0, 0.1) is 0 Å². The van der Waals surface area contributed by atoms with Crippen LogP contribution in [0.15, 0.2) is 18.2 Å². The first kappa shape index (κ1) is 14.4. The molecule has 0 radical (unpaired) electrons. The number of carboxylic acid groups (broad SMARTS) is 1. The Bertz CT molecular complexity index is 647. The van der Waals surface area contributed by atoms with Crippen molar-refractivity contribution in [3.63, 3.8) is 0 Å². The molecular formula is C13H13F3N2O2. The van der Waals surface area contributed by atoms with Crippen molar-refractivity contribution in [2.45, 2.75) is 32.5 Å². The van der Waals surface area contributed by atoms with E-state index in [1.807, 2.05) is 6.92 Å². The molecule has 1 N–H and O–H groups in total. The SMILES string of the molecule is CCCc1nc2cc(C(=O)O)ccc2n1CC(F)(F)F. The van der Waals surface area contributed by atoms with E-state index in [-0.39, 0.29) is 11.1 Å². The lowest BCUT2D eigenvalue weighted by atomic mass is 10.2. The predicted molar refractivity (Wildman–Crippen MR) is 66.7 cm³/mol. The summed E-state index contributed by atoms with van der Waals surface area (Å²) in [7, 11) is 0. The van der Waals surface area contributed by atoms with Gasteiger partial charge in [0.05, 0.1) is 16.6 Å². The number of carboxylic acids is 1. The summed E-state index contributed by atoms with van der Waals surface area (Å²) in [5.41, 5.74) is 0.589. The second kappa shape index (κ2) is 5.15. The molecule has 0 fully saturated rings. The van der Waals surface area contributed by atoms with E-state index in [4.69, 9.17) is 5.11 Å². The Morgan fingerprint density at radius 1 is 1.40 bits per heavy atom. The Morgan fingerprint density at radius 3 is 2.65 bits per heavy atom. The van der Waals surface area contributed by atoms with Crippen molar-refractivity contribution >= 4 is 17.0 Å². The summed E-state index contributed by atoms with van der Waals surface area (Å²) in [6.07, 6.45) is -3.28. The zero-order chi connectivity index (χ0) is 14.9. The van der Waals surface area contributed by atoms with Gasteiger partial charge in [-0.15, -0.1) is 0 Å². The first-order valence-electron chi connectivity index (χ1n) is 6.11. The molecule has 108 valence electrons. The average Bonchev–Trinajstić information content (AvgIpc) is 2.65. The summed E-state index contributed by atoms with van der Waals surface area (Å²) in [6.45, 7) is 0.727. The van der Waals surface area contributed by atoms with E-state index in [2.05, 4.69) is 4.98 Å². The van der Waals surface area contributed by atoms with Crippen molar-refractivity contribution in [3.05, 3.63) is 29.6 Å². The summed E-state index contributed by atoms with van der Waals surface area (Å²) >= 11 is 0. The smallest absolute Gasteiger partial charge is 0.406 e. The molecule has 0 saturated carbocycles. The highest BCUT2D eigenvalue weighted by molar-refractivity contribution is 5.92. The van der Waals surface area contributed by atoms with Crippen molar-refractivity contribution in [1.29, 1.82) is 0 Å². The molecule has 1 aromatic heterocycles. The number of benzene rings is 1. The van der Waals surface area contributed by atoms with Gasteiger partial charge in [-0.05, 0) is 24.6 Å². The Morgan fingerprint density at radius 2 is 2.10 bits per heavy atom. The topological polar surface area (TPSA) is 55.1 Å². The van der Waals surface area contributed by atoms with Crippen LogP contribution in [-0.2, 0) is 13.0 Å². The van der Waals surface area contributed by atoms with Gasteiger partial charge < -0.3 is 9.67 Å². The zero-order valence-electron chi connectivity index (χ0n) is 10.7. The molecule has 0 unspecified atom stereocenters. The lowest BCUT2D eigenvalue weighted by molar-refractivity contribution is -0.140. The molecular weight excluding hydrogens is 273 g/mol. The molecule has 0 aliphatic carbocycles. The predicted octanol–water partition coefficient (Wildman–Crippen LogP) is 3.25. The lowest BCUT2D eigenvalue weighted by Crippen LogP contribution is -2.19. The van der Waals surface area contributed by atoms with Gasteiger partial charge in [-0.25, -0.2) is 9.78 Å². The van der Waals surface area contributed by atoms with Crippen molar-refractivity contribution < 1.29 is 23.1 Å². The van der Waals surface area contributed by atoms with Crippen LogP contribution in [-0.4, -0.2) is 26.8 Å². The molecule has 4 nitrogen and oxygen atoms in total. The Labute approximate surface area is 112 Å². The fraction of sp³-hybridized carbons (Fsp3) is 0.385. The molecule has 0 amide bonds. The molecule has 0 aliphatic rings. The highest BCUT2D eigenvalue weighted by Crippen LogP contribution is 2.25. The number of halogens is 3. The van der Waals surface area contributed by atoms with Crippen LogP contribution < -0.4 is 0 Å². The highest BCUT2D eigenvalue weighted by atomic mass is 19.4. The van der Waals surface area contributed by atoms with E-state index < -0.39 is 18.7 Å². The molecule has 1 heterocycles. The van der Waals surface area contributed by atoms with E-state index in [0.717, 1.165) is 4.57 Å². The van der Waals surface area contributed by atoms with Gasteiger partial charge in [0, 0.05) is 6.42 Å². The van der Waals surface area contributed by atoms with Crippen molar-refractivity contribution in [2.24, 2.45) is 0 Å². The molecule has 2 rings (SSSR count). The number of fused-ring (bicyclic) bond motifs is 1. The van der Waals surface area contributed by atoms with Gasteiger partial charge in [0.2, 0.25) is 0 Å². The molecule has 1 aromatic carbocycles. The minimum absolute atomic E-state index is 0.0113. The fourth-order valence-electron chi connectivity index (χ4n) is 2.08. The molecule has 20 heavy (non-hydrogen) atoms. The average molecular weight is 286 g/mol. The largest absolute Gasteiger partial charge is 0.478 e. The summed E-state index contributed by atoms with van der Waals surface area (Å²) in [4.78, 5) is 15.0. The molecule has 0 atom stereocenters. The number of alkyl halides is 3. The van der Waals surface area contributed by atoms with Gasteiger partial charge >= 0.3 is 12.1 Å². The molecule has 0 spiro atoms. The second-order valence-electron chi connectivity index (χ2n) is 4.49. The minimum Gasteiger partial charge on any atom is -0.478 e. The Kier molecular flexibility index (Phi) is 3.69. The first-order valence-corrected chi connectivity index (χ1v) is 6.11. The van der Waals surface area contributed by atoms with Crippen LogP contribution in [0.4, 0.5) is 13.2 Å². The summed E-state index contributed by atoms with van der Waals surface area (Å²) in [6, 6.07) is 3.95. The molecule has 7 heteroatoms. The number of hydrogen-bond donors (Lipinski definition) is 1. The maximum absolute atomic E-state index is 12.6. The zero-order valence-corrected chi connectivity index (χ0v) is 10.7. The van der Waals surface area contributed by atoms with Crippen LogP contribution in [0.2, 0.25) is 0 Å². The first-order chi connectivity index (χ1) is 9.31. The normalized spacial score (nSPS) is 12.0. The van der Waals surface area contributed by atoms with E-state index in [9.17, 15) is 18.0 Å². The van der Waals surface area contributed by atoms with E-state index in [0.29, 0.717) is 24.2 Å². The van der Waals surface area contributed by atoms with Crippen LogP contribution in [0.1, 0.15) is 29.5 Å². The van der Waals surface area contributed by atoms with Gasteiger partial charge in [0.15, 0.2) is 0 Å². The number of imidazole rings is 1. The second-order valence-corrected chi connectivity index (χ2v) is 4.49. The molecule has 0 aliphatic heterocycles. The fourth-order valence-corrected chi connectivity index (χ4v) is 2.08. The van der Waals surface area contributed by atoms with E-state index >= 15 is 0 Å². The third kappa shape index (κ3) is 2.92. The minimum atomic E-state index is -4.35. The lowest BCUT2D eigenvalue weighted by Gasteiger charge is -2.11. The van der Waals surface area contributed by atoms with E-state index in [1.54, 1.807) is 0 Å². The van der Waals surface area contributed by atoms with Crippen LogP contribution in [0.5, 0.6) is 0 Å². The van der Waals surface area contributed by atoms with Gasteiger partial charge in [0.25, 0.3) is 0 Å². The number of aryl methyl sites for hydroxylation is 1. The van der Waals surface area contributed by atoms with Crippen LogP contribution in [0.25, 0.3) is 11.0 Å². The number of aromatic carboxylic acids is 1. The molecule has 0 bridgehead atoms. The van der Waals surface area contributed by atoms with Crippen molar-refractivity contribution in [2.75, 3.05) is 0 Å². The molecule has 2 aromatic rings.